The minimum atomic E-state index is -0.694. The summed E-state index contributed by atoms with van der Waals surface area (Å²) in [5.41, 5.74) is 1.57. The molecule has 0 bridgehead atoms. The van der Waals surface area contributed by atoms with E-state index in [4.69, 9.17) is 4.74 Å². The van der Waals surface area contributed by atoms with Crippen LogP contribution in [0, 0.1) is 10.1 Å². The number of benzene rings is 1. The van der Waals surface area contributed by atoms with Crippen molar-refractivity contribution in [1.82, 2.24) is 15.1 Å². The SMILES string of the molecule is O=C(Cc1cccs1)NC1C(=O)N2C(C(=O)OCc3ccc([N+](=O)[O-])cc3)=C(N3CCCC3)CS[C@@H]12. The van der Waals surface area contributed by atoms with Crippen LogP contribution >= 0.6 is 23.1 Å². The summed E-state index contributed by atoms with van der Waals surface area (Å²) in [6.07, 6.45) is 2.23. The zero-order chi connectivity index (χ0) is 25.2. The molecule has 5 rings (SSSR count). The van der Waals surface area contributed by atoms with Gasteiger partial charge in [-0.15, -0.1) is 23.1 Å². The van der Waals surface area contributed by atoms with Gasteiger partial charge < -0.3 is 15.0 Å². The van der Waals surface area contributed by atoms with Gasteiger partial charge in [-0.3, -0.25) is 24.6 Å². The first-order valence-electron chi connectivity index (χ1n) is 11.6. The molecule has 2 fully saturated rings. The fraction of sp³-hybridized carbons (Fsp3) is 0.375. The summed E-state index contributed by atoms with van der Waals surface area (Å²) >= 11 is 3.01. The number of non-ortho nitro benzene ring substituents is 1. The molecule has 2 saturated heterocycles. The highest BCUT2D eigenvalue weighted by Gasteiger charge is 2.55. The Labute approximate surface area is 215 Å². The van der Waals surface area contributed by atoms with Gasteiger partial charge in [0, 0.05) is 35.9 Å². The standard InChI is InChI=1S/C24H24N4O6S2/c29-19(12-17-4-3-11-35-17)25-20-22(30)27-21(18(14-36-23(20)27)26-9-1-2-10-26)24(31)34-13-15-5-7-16(8-6-15)28(32)33/h3-8,11,20,23H,1-2,9-10,12-14H2,(H,25,29)/t20?,23-/m0/s1. The monoisotopic (exact) mass is 528 g/mol. The van der Waals surface area contributed by atoms with E-state index in [1.54, 1.807) is 0 Å². The summed E-state index contributed by atoms with van der Waals surface area (Å²) in [5.74, 6) is -0.635. The number of carbonyl (C=O) groups excluding carboxylic acids is 3. The maximum atomic E-state index is 13.3. The number of nitro benzene ring substituents is 1. The second kappa shape index (κ2) is 10.3. The molecule has 1 aromatic carbocycles. The Balaban J connectivity index is 1.30. The number of hydrogen-bond acceptors (Lipinski definition) is 9. The Bertz CT molecular complexity index is 1210. The van der Waals surface area contributed by atoms with Gasteiger partial charge in [0.25, 0.3) is 11.6 Å². The van der Waals surface area contributed by atoms with Gasteiger partial charge in [-0.25, -0.2) is 4.79 Å². The molecule has 4 heterocycles. The normalized spacial score (nSPS) is 21.2. The molecule has 3 aliphatic heterocycles. The van der Waals surface area contributed by atoms with E-state index in [-0.39, 0.29) is 41.6 Å². The van der Waals surface area contributed by atoms with Crippen molar-refractivity contribution < 1.29 is 24.0 Å². The van der Waals surface area contributed by atoms with Crippen LogP contribution in [0.1, 0.15) is 23.3 Å². The number of nitrogens with zero attached hydrogens (tertiary/aromatic N) is 3. The average Bonchev–Trinajstić information content (AvgIpc) is 3.60. The molecule has 3 aliphatic rings. The van der Waals surface area contributed by atoms with E-state index in [2.05, 4.69) is 10.2 Å². The molecular formula is C24H24N4O6S2. The Hall–Kier alpha value is -3.38. The molecule has 12 heteroatoms. The Morgan fingerprint density at radius 3 is 2.58 bits per heavy atom. The van der Waals surface area contributed by atoms with Crippen molar-refractivity contribution in [3.05, 3.63) is 73.7 Å². The molecule has 1 aromatic heterocycles. The molecule has 36 heavy (non-hydrogen) atoms. The van der Waals surface area contributed by atoms with Gasteiger partial charge in [0.05, 0.1) is 17.0 Å². The van der Waals surface area contributed by atoms with Crippen LogP contribution in [0.2, 0.25) is 0 Å². The summed E-state index contributed by atoms with van der Waals surface area (Å²) < 4.78 is 5.56. The summed E-state index contributed by atoms with van der Waals surface area (Å²) in [7, 11) is 0. The number of hydrogen-bond donors (Lipinski definition) is 1. The van der Waals surface area contributed by atoms with Crippen LogP contribution in [-0.4, -0.2) is 62.8 Å². The van der Waals surface area contributed by atoms with Crippen LogP contribution in [0.5, 0.6) is 0 Å². The first-order chi connectivity index (χ1) is 17.4. The summed E-state index contributed by atoms with van der Waals surface area (Å²) in [4.78, 5) is 53.8. The molecule has 1 N–H and O–H groups in total. The minimum absolute atomic E-state index is 0.0467. The second-order valence-electron chi connectivity index (χ2n) is 8.70. The van der Waals surface area contributed by atoms with Gasteiger partial charge in [-0.2, -0.15) is 0 Å². The molecular weight excluding hydrogens is 504 g/mol. The fourth-order valence-electron chi connectivity index (χ4n) is 4.55. The third kappa shape index (κ3) is 4.82. The van der Waals surface area contributed by atoms with Crippen LogP contribution in [0.4, 0.5) is 5.69 Å². The number of thiophene rings is 1. The van der Waals surface area contributed by atoms with Gasteiger partial charge in [-0.05, 0) is 42.0 Å². The molecule has 0 spiro atoms. The Morgan fingerprint density at radius 1 is 1.17 bits per heavy atom. The predicted octanol–water partition coefficient (Wildman–Crippen LogP) is 2.65. The third-order valence-electron chi connectivity index (χ3n) is 6.38. The molecule has 10 nitrogen and oxygen atoms in total. The van der Waals surface area contributed by atoms with E-state index < -0.39 is 16.9 Å². The number of ether oxygens (including phenoxy) is 1. The van der Waals surface area contributed by atoms with Crippen LogP contribution < -0.4 is 5.32 Å². The van der Waals surface area contributed by atoms with E-state index >= 15 is 0 Å². The number of fused-ring (bicyclic) bond motifs is 1. The number of β-lactam (4-membered cyclic amide) rings is 1. The molecule has 188 valence electrons. The highest BCUT2D eigenvalue weighted by Crippen LogP contribution is 2.42. The van der Waals surface area contributed by atoms with Crippen LogP contribution in [0.15, 0.2) is 53.2 Å². The lowest BCUT2D eigenvalue weighted by atomic mass is 10.0. The van der Waals surface area contributed by atoms with E-state index in [9.17, 15) is 24.5 Å². The molecule has 0 aliphatic carbocycles. The van der Waals surface area contributed by atoms with Crippen LogP contribution in [0.25, 0.3) is 0 Å². The second-order valence-corrected chi connectivity index (χ2v) is 10.8. The highest BCUT2D eigenvalue weighted by molar-refractivity contribution is 8.00. The minimum Gasteiger partial charge on any atom is -0.456 e. The number of likely N-dealkylation sites (tertiary alicyclic amines) is 1. The van der Waals surface area contributed by atoms with Gasteiger partial charge in [0.1, 0.15) is 18.0 Å². The number of esters is 1. The zero-order valence-corrected chi connectivity index (χ0v) is 20.9. The van der Waals surface area contributed by atoms with Gasteiger partial charge in [0.15, 0.2) is 5.70 Å². The number of rotatable bonds is 8. The lowest BCUT2D eigenvalue weighted by molar-refractivity contribution is -0.384. The van der Waals surface area contributed by atoms with Gasteiger partial charge in [-0.1, -0.05) is 6.07 Å². The number of carbonyl (C=O) groups is 3. The number of nitro groups is 1. The number of amides is 2. The van der Waals surface area contributed by atoms with E-state index in [0.717, 1.165) is 36.5 Å². The smallest absolute Gasteiger partial charge is 0.357 e. The summed E-state index contributed by atoms with van der Waals surface area (Å²) in [6.45, 7) is 1.54. The molecule has 2 atom stereocenters. The molecule has 0 saturated carbocycles. The van der Waals surface area contributed by atoms with Crippen LogP contribution in [0.3, 0.4) is 0 Å². The lowest BCUT2D eigenvalue weighted by Crippen LogP contribution is -2.71. The van der Waals surface area contributed by atoms with E-state index in [1.807, 2.05) is 17.5 Å². The first kappa shape index (κ1) is 24.3. The largest absolute Gasteiger partial charge is 0.456 e. The summed E-state index contributed by atoms with van der Waals surface area (Å²) in [5, 5.41) is 15.2. The topological polar surface area (TPSA) is 122 Å². The molecule has 1 unspecified atom stereocenters. The quantitative estimate of drug-likeness (QED) is 0.240. The Morgan fingerprint density at radius 2 is 1.92 bits per heavy atom. The lowest BCUT2D eigenvalue weighted by Gasteiger charge is -2.50. The van der Waals surface area contributed by atoms with Crippen molar-refractivity contribution in [1.29, 1.82) is 0 Å². The van der Waals surface area contributed by atoms with Crippen LogP contribution in [-0.2, 0) is 32.1 Å². The van der Waals surface area contributed by atoms with E-state index in [0.29, 0.717) is 11.3 Å². The van der Waals surface area contributed by atoms with Crippen molar-refractivity contribution in [3.8, 4) is 0 Å². The van der Waals surface area contributed by atoms with E-state index in [1.165, 1.54) is 52.3 Å². The molecule has 2 amide bonds. The molecule has 2 aromatic rings. The number of thioether (sulfide) groups is 1. The van der Waals surface area contributed by atoms with Crippen molar-refractivity contribution in [2.24, 2.45) is 0 Å². The summed E-state index contributed by atoms with van der Waals surface area (Å²) in [6, 6.07) is 8.84. The maximum absolute atomic E-state index is 13.3. The average molecular weight is 529 g/mol. The van der Waals surface area contributed by atoms with Gasteiger partial charge in [0.2, 0.25) is 5.91 Å². The van der Waals surface area contributed by atoms with Crippen molar-refractivity contribution >= 4 is 46.6 Å². The van der Waals surface area contributed by atoms with Crippen molar-refractivity contribution in [3.63, 3.8) is 0 Å². The third-order valence-corrected chi connectivity index (χ3v) is 8.52. The molecule has 0 radical (unpaired) electrons. The maximum Gasteiger partial charge on any atom is 0.357 e. The zero-order valence-electron chi connectivity index (χ0n) is 19.3. The van der Waals surface area contributed by atoms with Crippen molar-refractivity contribution in [2.75, 3.05) is 18.8 Å². The van der Waals surface area contributed by atoms with Gasteiger partial charge >= 0.3 is 5.97 Å². The number of nitrogens with one attached hydrogen (secondary N) is 1. The van der Waals surface area contributed by atoms with Crippen molar-refractivity contribution in [2.45, 2.75) is 37.3 Å². The predicted molar refractivity (Wildman–Crippen MR) is 134 cm³/mol. The fourth-order valence-corrected chi connectivity index (χ4v) is 6.64. The highest BCUT2D eigenvalue weighted by atomic mass is 32.2. The first-order valence-corrected chi connectivity index (χ1v) is 13.5. The Kier molecular flexibility index (Phi) is 6.97.